The largest absolute Gasteiger partial charge is 0.285 e. The van der Waals surface area contributed by atoms with E-state index in [-0.39, 0.29) is 11.2 Å². The third kappa shape index (κ3) is 20.9. The maximum absolute atomic E-state index is 10.6. The molecule has 17 rings (SSSR count). The average molecular weight is 1490 g/mol. The lowest BCUT2D eigenvalue weighted by Crippen LogP contribution is -2.25. The number of nitro benzene ring substituents is 1. The summed E-state index contributed by atoms with van der Waals surface area (Å²) in [6.07, 6.45) is 27.9. The van der Waals surface area contributed by atoms with Crippen molar-refractivity contribution in [3.05, 3.63) is 395 Å². The van der Waals surface area contributed by atoms with E-state index < -0.39 is 4.92 Å². The molecule has 15 nitrogen and oxygen atoms in total. The molecule has 6 heterocycles. The van der Waals surface area contributed by atoms with Gasteiger partial charge in [0.25, 0.3) is 5.69 Å². The lowest BCUT2D eigenvalue weighted by molar-refractivity contribution is -0.384. The maximum Gasteiger partial charge on any atom is 0.269 e. The van der Waals surface area contributed by atoms with Crippen molar-refractivity contribution in [2.45, 2.75) is 72.3 Å². The topological polar surface area (TPSA) is 195 Å². The highest BCUT2D eigenvalue weighted by Crippen LogP contribution is 2.46. The number of hydrogen-bond acceptors (Lipinski definition) is 14. The summed E-state index contributed by atoms with van der Waals surface area (Å²) in [5.74, 6) is 0. The highest BCUT2D eigenvalue weighted by molar-refractivity contribution is 6.14. The number of aryl methyl sites for hydroxylation is 4. The van der Waals surface area contributed by atoms with Crippen LogP contribution in [0.3, 0.4) is 0 Å². The van der Waals surface area contributed by atoms with Crippen LogP contribution >= 0.6 is 0 Å². The van der Waals surface area contributed by atoms with Gasteiger partial charge >= 0.3 is 0 Å². The van der Waals surface area contributed by atoms with E-state index in [9.17, 15) is 10.1 Å². The Balaban J connectivity index is 0.000000130. The Kier molecular flexibility index (Phi) is 26.4. The first-order chi connectivity index (χ1) is 55.9. The number of pyridine rings is 6. The van der Waals surface area contributed by atoms with Crippen LogP contribution in [0.4, 0.5) is 34.1 Å². The molecule has 0 saturated heterocycles. The van der Waals surface area contributed by atoms with Gasteiger partial charge in [-0.25, -0.2) is 0 Å². The van der Waals surface area contributed by atoms with Gasteiger partial charge < -0.3 is 0 Å². The number of non-ortho nitro benzene ring substituents is 1. The van der Waals surface area contributed by atoms with Gasteiger partial charge in [-0.3, -0.25) is 70.0 Å². The number of rotatable bonds is 15. The summed E-state index contributed by atoms with van der Waals surface area (Å²) < 4.78 is 0. The Labute approximate surface area is 664 Å². The molecule has 1 aliphatic rings. The average Bonchev–Trinajstić information content (AvgIpc) is 0.758. The van der Waals surface area contributed by atoms with Crippen LogP contribution in [0.25, 0.3) is 65.3 Å². The molecule has 1 saturated carbocycles. The maximum atomic E-state index is 10.6. The molecule has 0 N–H and O–H groups in total. The fourth-order valence-electron chi connectivity index (χ4n) is 13.7. The predicted octanol–water partition coefficient (Wildman–Crippen LogP) is 24.8. The molecular formula is C99H85N13O2. The van der Waals surface area contributed by atoms with Crippen LogP contribution < -0.4 is 0 Å². The van der Waals surface area contributed by atoms with Crippen molar-refractivity contribution in [2.75, 3.05) is 0 Å². The van der Waals surface area contributed by atoms with E-state index >= 15 is 0 Å². The molecule has 0 spiro atoms. The highest BCUT2D eigenvalue weighted by Gasteiger charge is 2.25. The summed E-state index contributed by atoms with van der Waals surface area (Å²) in [7, 11) is 0. The van der Waals surface area contributed by atoms with Gasteiger partial charge in [-0.2, -0.15) is 0 Å². The SMILES string of the molecule is C(=Nc1ccc2ccccc2c1-c1c(N=Cc2ccccn2)ccc2ccccc12)c1ccccn1.C(=Nc1ccc2ccccc2c1-c1cccc2ccccc12)c1ccccn1.CC1(N=Cc2ccccn2)CCCCC1.Cc1cc(C)c(N=Cc2ccccn2)c(C)c1.Cc1cc([N+](=O)[O-])ccc1N=Cc1ccccn1. The number of hydrogen-bond donors (Lipinski definition) is 0. The molecule has 0 unspecified atom stereocenters. The van der Waals surface area contributed by atoms with Crippen LogP contribution in [0.1, 0.15) is 95.4 Å². The zero-order valence-electron chi connectivity index (χ0n) is 64.3. The van der Waals surface area contributed by atoms with Gasteiger partial charge in [-0.05, 0) is 210 Å². The monoisotopic (exact) mass is 1490 g/mol. The first kappa shape index (κ1) is 77.7. The van der Waals surface area contributed by atoms with Gasteiger partial charge in [-0.15, -0.1) is 0 Å². The second-order valence-corrected chi connectivity index (χ2v) is 27.7. The van der Waals surface area contributed by atoms with Gasteiger partial charge in [0.05, 0.1) is 104 Å². The minimum Gasteiger partial charge on any atom is -0.285 e. The minimum atomic E-state index is -0.417. The van der Waals surface area contributed by atoms with Gasteiger partial charge in [0.1, 0.15) is 0 Å². The van der Waals surface area contributed by atoms with Crippen LogP contribution in [0.5, 0.6) is 0 Å². The van der Waals surface area contributed by atoms with Crippen molar-refractivity contribution in [3.63, 3.8) is 0 Å². The smallest absolute Gasteiger partial charge is 0.269 e. The molecule has 0 amide bonds. The zero-order chi connectivity index (χ0) is 78.7. The number of benzene rings is 10. The fraction of sp³-hybridized carbons (Fsp3) is 0.111. The zero-order valence-corrected chi connectivity index (χ0v) is 64.3. The first-order valence-electron chi connectivity index (χ1n) is 38.0. The Hall–Kier alpha value is -14.4. The number of nitro groups is 1. The van der Waals surface area contributed by atoms with E-state index in [0.29, 0.717) is 5.69 Å². The van der Waals surface area contributed by atoms with Crippen molar-refractivity contribution in [3.8, 4) is 22.3 Å². The van der Waals surface area contributed by atoms with Crippen LogP contribution in [-0.4, -0.2) is 77.7 Å². The van der Waals surface area contributed by atoms with Gasteiger partial charge in [0.2, 0.25) is 0 Å². The molecule has 0 radical (unpaired) electrons. The summed E-state index contributed by atoms with van der Waals surface area (Å²) in [6.45, 7) is 10.3. The summed E-state index contributed by atoms with van der Waals surface area (Å²) >= 11 is 0. The lowest BCUT2D eigenvalue weighted by Gasteiger charge is -2.29. The van der Waals surface area contributed by atoms with Crippen LogP contribution in [0.15, 0.2) is 358 Å². The second kappa shape index (κ2) is 38.8. The molecule has 6 aromatic heterocycles. The molecule has 1 fully saturated rings. The quantitative estimate of drug-likeness (QED) is 0.0549. The second-order valence-electron chi connectivity index (χ2n) is 27.7. The van der Waals surface area contributed by atoms with E-state index in [0.717, 1.165) is 101 Å². The molecule has 0 bridgehead atoms. The van der Waals surface area contributed by atoms with Gasteiger partial charge in [0, 0.05) is 72.2 Å². The summed E-state index contributed by atoms with van der Waals surface area (Å²) in [4.78, 5) is 64.1. The molecule has 10 aromatic carbocycles. The summed E-state index contributed by atoms with van der Waals surface area (Å²) in [5, 5.41) is 20.0. The highest BCUT2D eigenvalue weighted by atomic mass is 16.6. The normalized spacial score (nSPS) is 12.5. The van der Waals surface area contributed by atoms with Crippen molar-refractivity contribution < 1.29 is 4.92 Å². The Morgan fingerprint density at radius 3 is 1.05 bits per heavy atom. The van der Waals surface area contributed by atoms with E-state index in [1.54, 1.807) is 50.2 Å². The van der Waals surface area contributed by atoms with E-state index in [2.05, 4.69) is 231 Å². The van der Waals surface area contributed by atoms with Crippen LogP contribution in [0.2, 0.25) is 0 Å². The van der Waals surface area contributed by atoms with E-state index in [4.69, 9.17) is 20.0 Å². The number of nitrogens with zero attached hydrogens (tertiary/aromatic N) is 13. The van der Waals surface area contributed by atoms with Crippen LogP contribution in [-0.2, 0) is 0 Å². The third-order valence-electron chi connectivity index (χ3n) is 19.3. The molecule has 16 aromatic rings. The molecule has 15 heteroatoms. The molecule has 0 aliphatic heterocycles. The molecule has 114 heavy (non-hydrogen) atoms. The Morgan fingerprint density at radius 1 is 0.325 bits per heavy atom. The van der Waals surface area contributed by atoms with Gasteiger partial charge in [-0.1, -0.05) is 207 Å². The predicted molar refractivity (Wildman–Crippen MR) is 473 cm³/mol. The third-order valence-corrected chi connectivity index (χ3v) is 19.3. The van der Waals surface area contributed by atoms with Crippen molar-refractivity contribution in [1.29, 1.82) is 0 Å². The standard InChI is InChI=1S/C32H22N4.C26H18N2.C15H16N2.C13H11N3O2.C13H18N2/c1-3-13-27-23(9-1)15-17-29(35-21-25-11-5-7-19-33-25)31(27)32-28-14-4-2-10-24(28)16-18-30(32)36-22-26-12-6-8-20-34-26;1-3-12-22-19(8-1)10-7-14-24(22)26-23-13-4-2-9-20(23)15-16-25(26)28-18-21-11-5-6-17-27-21;1-11-8-12(2)15(13(3)9-11)17-10-14-6-4-5-7-16-14;1-10-8-12(16(17)18)5-6-13(10)15-9-11-4-2-3-7-14-11;1-13(8-4-2-5-9-13)15-11-12-7-3-6-10-14-12/h1-22H;1-18H;4-10H,1-3H3;2-9H,1H3;3,6-7,10-11H,2,4-5,8-9H2,1H3. The number of aromatic nitrogens is 6. The lowest BCUT2D eigenvalue weighted by atomic mass is 9.84. The van der Waals surface area contributed by atoms with Gasteiger partial charge in [0.15, 0.2) is 0 Å². The fourth-order valence-corrected chi connectivity index (χ4v) is 13.7. The van der Waals surface area contributed by atoms with E-state index in [1.165, 1.54) is 88.0 Å². The molecular weight excluding hydrogens is 1400 g/mol. The number of aliphatic imine (C=N–C) groups is 6. The molecule has 0 atom stereocenters. The summed E-state index contributed by atoms with van der Waals surface area (Å²) in [5.41, 5.74) is 18.6. The summed E-state index contributed by atoms with van der Waals surface area (Å²) in [6, 6.07) is 96.5. The Morgan fingerprint density at radius 2 is 0.658 bits per heavy atom. The Bertz CT molecular complexity index is 5950. The van der Waals surface area contributed by atoms with Crippen molar-refractivity contribution >= 4 is 115 Å². The van der Waals surface area contributed by atoms with Crippen molar-refractivity contribution in [2.24, 2.45) is 30.0 Å². The molecule has 1 aliphatic carbocycles. The van der Waals surface area contributed by atoms with Crippen molar-refractivity contribution in [1.82, 2.24) is 29.9 Å². The number of fused-ring (bicyclic) bond motifs is 4. The first-order valence-corrected chi connectivity index (χ1v) is 38.0. The van der Waals surface area contributed by atoms with Crippen LogP contribution in [0, 0.1) is 37.8 Å². The van der Waals surface area contributed by atoms with E-state index in [1.807, 2.05) is 146 Å². The molecule has 558 valence electrons. The minimum absolute atomic E-state index is 0.0734.